The molecule has 4 nitrogen and oxygen atoms in total. The Bertz CT molecular complexity index is 351. The van der Waals surface area contributed by atoms with E-state index in [0.717, 1.165) is 37.8 Å². The molecule has 0 aromatic heterocycles. The second kappa shape index (κ2) is 6.24. The third kappa shape index (κ3) is 3.15. The summed E-state index contributed by atoms with van der Waals surface area (Å²) in [5.41, 5.74) is 0. The van der Waals surface area contributed by atoms with Crippen molar-refractivity contribution < 1.29 is 14.3 Å². The molecule has 0 aromatic rings. The molecule has 2 heterocycles. The van der Waals surface area contributed by atoms with Crippen molar-refractivity contribution >= 4 is 17.7 Å². The van der Waals surface area contributed by atoms with Gasteiger partial charge in [-0.3, -0.25) is 4.79 Å². The van der Waals surface area contributed by atoms with Gasteiger partial charge in [0.1, 0.15) is 6.61 Å². The smallest absolute Gasteiger partial charge is 0.248 e. The van der Waals surface area contributed by atoms with Gasteiger partial charge in [-0.25, -0.2) is 0 Å². The predicted molar refractivity (Wildman–Crippen MR) is 80.0 cm³/mol. The number of thioether (sulfide) groups is 1. The van der Waals surface area contributed by atoms with E-state index in [-0.39, 0.29) is 17.3 Å². The molecule has 2 aliphatic heterocycles. The van der Waals surface area contributed by atoms with Gasteiger partial charge in [0.15, 0.2) is 0 Å². The van der Waals surface area contributed by atoms with Crippen LogP contribution in [0.1, 0.15) is 32.1 Å². The van der Waals surface area contributed by atoms with Crippen molar-refractivity contribution in [2.24, 2.45) is 5.92 Å². The van der Waals surface area contributed by atoms with Crippen molar-refractivity contribution in [3.05, 3.63) is 0 Å². The summed E-state index contributed by atoms with van der Waals surface area (Å²) in [5, 5.41) is 0. The summed E-state index contributed by atoms with van der Waals surface area (Å²) >= 11 is 2.00. The molecule has 2 saturated heterocycles. The van der Waals surface area contributed by atoms with Gasteiger partial charge in [0.05, 0.1) is 10.9 Å². The normalized spacial score (nSPS) is 29.1. The Kier molecular flexibility index (Phi) is 4.58. The molecular weight excluding hydrogens is 274 g/mol. The topological polar surface area (TPSA) is 38.8 Å². The monoisotopic (exact) mass is 299 g/mol. The fourth-order valence-corrected chi connectivity index (χ4v) is 5.17. The first-order chi connectivity index (χ1) is 9.71. The van der Waals surface area contributed by atoms with E-state index in [1.807, 2.05) is 16.7 Å². The van der Waals surface area contributed by atoms with Gasteiger partial charge < -0.3 is 14.4 Å². The predicted octanol–water partition coefficient (Wildman–Crippen LogP) is 1.93. The highest BCUT2D eigenvalue weighted by Gasteiger charge is 2.50. The molecule has 3 rings (SSSR count). The summed E-state index contributed by atoms with van der Waals surface area (Å²) in [5.74, 6) is 2.02. The van der Waals surface area contributed by atoms with Crippen LogP contribution in [0.5, 0.6) is 0 Å². The fourth-order valence-electron chi connectivity index (χ4n) is 3.62. The lowest BCUT2D eigenvalue weighted by Gasteiger charge is -2.47. The number of nitrogens with zero attached hydrogens (tertiary/aromatic N) is 1. The largest absolute Gasteiger partial charge is 0.377 e. The first-order valence-corrected chi connectivity index (χ1v) is 8.72. The molecular formula is C15H25NO3S. The van der Waals surface area contributed by atoms with Gasteiger partial charge in [-0.15, -0.1) is 11.8 Å². The Labute approximate surface area is 125 Å². The maximum absolute atomic E-state index is 11.7. The highest BCUT2D eigenvalue weighted by atomic mass is 32.2. The second-order valence-electron chi connectivity index (χ2n) is 6.49. The van der Waals surface area contributed by atoms with Crippen LogP contribution in [-0.4, -0.2) is 60.8 Å². The summed E-state index contributed by atoms with van der Waals surface area (Å²) in [6.07, 6.45) is 6.98. The van der Waals surface area contributed by atoms with E-state index in [4.69, 9.17) is 9.47 Å². The van der Waals surface area contributed by atoms with Gasteiger partial charge in [-0.05, 0) is 25.2 Å². The number of hydrogen-bond donors (Lipinski definition) is 0. The highest BCUT2D eigenvalue weighted by molar-refractivity contribution is 8.01. The first-order valence-electron chi connectivity index (χ1n) is 7.73. The zero-order chi connectivity index (χ0) is 14.0. The van der Waals surface area contributed by atoms with Gasteiger partial charge in [-0.2, -0.15) is 0 Å². The number of likely N-dealkylation sites (tertiary alicyclic amines) is 1. The average Bonchev–Trinajstić information content (AvgIpc) is 3.04. The van der Waals surface area contributed by atoms with E-state index in [0.29, 0.717) is 6.10 Å². The van der Waals surface area contributed by atoms with Crippen molar-refractivity contribution in [2.75, 3.05) is 39.2 Å². The van der Waals surface area contributed by atoms with Crippen LogP contribution in [0.3, 0.4) is 0 Å². The number of methoxy groups -OCH3 is 1. The van der Waals surface area contributed by atoms with Crippen LogP contribution >= 0.6 is 11.8 Å². The maximum Gasteiger partial charge on any atom is 0.248 e. The summed E-state index contributed by atoms with van der Waals surface area (Å²) in [4.78, 5) is 13.6. The minimum Gasteiger partial charge on any atom is -0.377 e. The van der Waals surface area contributed by atoms with E-state index in [1.165, 1.54) is 25.7 Å². The number of rotatable bonds is 5. The Morgan fingerprint density at radius 3 is 2.80 bits per heavy atom. The van der Waals surface area contributed by atoms with Crippen LogP contribution in [0, 0.1) is 5.92 Å². The van der Waals surface area contributed by atoms with Crippen LogP contribution in [0.15, 0.2) is 0 Å². The fraction of sp³-hybridized carbons (Fsp3) is 0.933. The molecule has 1 saturated carbocycles. The quantitative estimate of drug-likeness (QED) is 0.777. The van der Waals surface area contributed by atoms with Crippen molar-refractivity contribution in [3.63, 3.8) is 0 Å². The number of carbonyl (C=O) groups is 1. The zero-order valence-corrected chi connectivity index (χ0v) is 13.1. The molecule has 114 valence electrons. The Balaban J connectivity index is 1.38. The van der Waals surface area contributed by atoms with Gasteiger partial charge in [0.25, 0.3) is 0 Å². The van der Waals surface area contributed by atoms with Gasteiger partial charge >= 0.3 is 0 Å². The highest BCUT2D eigenvalue weighted by Crippen LogP contribution is 2.46. The first kappa shape index (κ1) is 14.7. The van der Waals surface area contributed by atoms with E-state index in [1.54, 1.807) is 7.11 Å². The molecule has 1 aliphatic carbocycles. The molecule has 0 radical (unpaired) electrons. The van der Waals surface area contributed by atoms with Crippen LogP contribution < -0.4 is 0 Å². The average molecular weight is 299 g/mol. The summed E-state index contributed by atoms with van der Waals surface area (Å²) in [6, 6.07) is 0. The van der Waals surface area contributed by atoms with E-state index in [2.05, 4.69) is 0 Å². The molecule has 5 heteroatoms. The molecule has 0 unspecified atom stereocenters. The molecule has 1 amide bonds. The number of hydrogen-bond acceptors (Lipinski definition) is 4. The summed E-state index contributed by atoms with van der Waals surface area (Å²) < 4.78 is 11.3. The lowest BCUT2D eigenvalue weighted by Crippen LogP contribution is -2.61. The van der Waals surface area contributed by atoms with Gasteiger partial charge in [-0.1, -0.05) is 12.8 Å². The Morgan fingerprint density at radius 2 is 2.10 bits per heavy atom. The maximum atomic E-state index is 11.7. The summed E-state index contributed by atoms with van der Waals surface area (Å²) in [6.45, 7) is 2.92. The van der Waals surface area contributed by atoms with Crippen molar-refractivity contribution in [1.29, 1.82) is 0 Å². The number of amides is 1. The van der Waals surface area contributed by atoms with Crippen LogP contribution in [0.4, 0.5) is 0 Å². The minimum atomic E-state index is 0.119. The second-order valence-corrected chi connectivity index (χ2v) is 7.97. The van der Waals surface area contributed by atoms with Crippen LogP contribution in [0.25, 0.3) is 0 Å². The van der Waals surface area contributed by atoms with Crippen molar-refractivity contribution in [1.82, 2.24) is 4.90 Å². The van der Waals surface area contributed by atoms with Crippen LogP contribution in [-0.2, 0) is 14.3 Å². The molecule has 0 N–H and O–H groups in total. The third-order valence-corrected chi connectivity index (χ3v) is 6.37. The molecule has 3 fully saturated rings. The van der Waals surface area contributed by atoms with E-state index >= 15 is 0 Å². The number of ether oxygens (including phenoxy) is 2. The Morgan fingerprint density at radius 1 is 1.35 bits per heavy atom. The van der Waals surface area contributed by atoms with E-state index < -0.39 is 0 Å². The van der Waals surface area contributed by atoms with Crippen molar-refractivity contribution in [3.8, 4) is 0 Å². The third-order valence-electron chi connectivity index (χ3n) is 4.80. The lowest BCUT2D eigenvalue weighted by molar-refractivity contribution is -0.140. The molecule has 20 heavy (non-hydrogen) atoms. The lowest BCUT2D eigenvalue weighted by atomic mass is 9.93. The number of carbonyl (C=O) groups excluding carboxylic acids is 1. The standard InChI is InChI=1S/C15H25NO3S/c1-18-8-14(17)16-10-15(11-16)6-13(9-20-15)19-7-12-4-2-3-5-12/h12-13H,2-11H2,1H3/t13-/m1/s1. The van der Waals surface area contributed by atoms with Gasteiger partial charge in [0, 0.05) is 32.6 Å². The summed E-state index contributed by atoms with van der Waals surface area (Å²) in [7, 11) is 1.57. The minimum absolute atomic E-state index is 0.119. The van der Waals surface area contributed by atoms with E-state index in [9.17, 15) is 4.79 Å². The molecule has 1 atom stereocenters. The molecule has 0 aromatic carbocycles. The molecule has 1 spiro atoms. The van der Waals surface area contributed by atoms with Gasteiger partial charge in [0.2, 0.25) is 5.91 Å². The molecule has 0 bridgehead atoms. The van der Waals surface area contributed by atoms with Crippen molar-refractivity contribution in [2.45, 2.75) is 43.0 Å². The zero-order valence-electron chi connectivity index (χ0n) is 12.3. The Hall–Kier alpha value is -0.260. The SMILES string of the molecule is COCC(=O)N1CC2(C[C@@H](OCC3CCCC3)CS2)C1. The molecule has 3 aliphatic rings. The van der Waals surface area contributed by atoms with Crippen LogP contribution in [0.2, 0.25) is 0 Å².